The van der Waals surface area contributed by atoms with E-state index < -0.39 is 5.60 Å². The fourth-order valence-electron chi connectivity index (χ4n) is 1.81. The normalized spacial score (nSPS) is 16.5. The average molecular weight is 243 g/mol. The second-order valence-corrected chi connectivity index (χ2v) is 4.89. The zero-order valence-electron chi connectivity index (χ0n) is 10.7. The molecule has 0 spiro atoms. The Balaban J connectivity index is 2.50. The van der Waals surface area contributed by atoms with E-state index in [1.54, 1.807) is 13.8 Å². The predicted octanol–water partition coefficient (Wildman–Crippen LogP) is -0.369. The van der Waals surface area contributed by atoms with Gasteiger partial charge >= 0.3 is 6.03 Å². The number of nitrogens with one attached hydrogen (secondary N) is 1. The summed E-state index contributed by atoms with van der Waals surface area (Å²) in [7, 11) is 0. The van der Waals surface area contributed by atoms with Gasteiger partial charge in [0.1, 0.15) is 0 Å². The number of amides is 3. The maximum atomic E-state index is 11.9. The predicted molar refractivity (Wildman–Crippen MR) is 63.5 cm³/mol. The van der Waals surface area contributed by atoms with Crippen LogP contribution in [0.25, 0.3) is 0 Å². The summed E-state index contributed by atoms with van der Waals surface area (Å²) in [4.78, 5) is 26.2. The molecular weight excluding hydrogens is 222 g/mol. The van der Waals surface area contributed by atoms with Gasteiger partial charge in [-0.3, -0.25) is 14.6 Å². The molecular formula is C11H21N3O3. The van der Waals surface area contributed by atoms with Gasteiger partial charge in [0, 0.05) is 19.6 Å². The lowest BCUT2D eigenvalue weighted by molar-refractivity contribution is -0.129. The van der Waals surface area contributed by atoms with E-state index in [0.29, 0.717) is 26.2 Å². The highest BCUT2D eigenvalue weighted by Gasteiger charge is 2.28. The third-order valence-corrected chi connectivity index (χ3v) is 2.57. The Bertz CT molecular complexity index is 299. The van der Waals surface area contributed by atoms with Crippen LogP contribution in [0.15, 0.2) is 0 Å². The summed E-state index contributed by atoms with van der Waals surface area (Å²) in [6.07, 6.45) is 0. The fourth-order valence-corrected chi connectivity index (χ4v) is 1.81. The number of rotatable bonds is 5. The Hall–Kier alpha value is -1.14. The molecule has 1 aliphatic rings. The summed E-state index contributed by atoms with van der Waals surface area (Å²) in [6.45, 7) is 7.48. The number of hydrogen-bond donors (Lipinski definition) is 2. The number of nitrogens with zero attached hydrogens (tertiary/aromatic N) is 2. The summed E-state index contributed by atoms with van der Waals surface area (Å²) in [5.41, 5.74) is -0.844. The molecule has 0 aromatic carbocycles. The van der Waals surface area contributed by atoms with Crippen LogP contribution in [-0.2, 0) is 4.79 Å². The second-order valence-electron chi connectivity index (χ2n) is 4.89. The maximum Gasteiger partial charge on any atom is 0.324 e. The van der Waals surface area contributed by atoms with Gasteiger partial charge in [0.15, 0.2) is 0 Å². The Kier molecular flexibility index (Phi) is 4.47. The monoisotopic (exact) mass is 243 g/mol. The summed E-state index contributed by atoms with van der Waals surface area (Å²) in [5.74, 6) is -0.217. The number of imide groups is 1. The molecule has 17 heavy (non-hydrogen) atoms. The molecule has 1 aliphatic heterocycles. The van der Waals surface area contributed by atoms with E-state index in [-0.39, 0.29) is 18.5 Å². The van der Waals surface area contributed by atoms with E-state index in [9.17, 15) is 14.7 Å². The molecule has 1 fully saturated rings. The Labute approximate surface area is 102 Å². The Morgan fingerprint density at radius 3 is 2.65 bits per heavy atom. The first-order valence-corrected chi connectivity index (χ1v) is 5.86. The van der Waals surface area contributed by atoms with Gasteiger partial charge in [0.05, 0.1) is 12.1 Å². The van der Waals surface area contributed by atoms with E-state index in [0.717, 1.165) is 0 Å². The van der Waals surface area contributed by atoms with Crippen molar-refractivity contribution in [1.29, 1.82) is 0 Å². The average Bonchev–Trinajstić information content (AvgIpc) is 2.61. The molecule has 0 atom stereocenters. The van der Waals surface area contributed by atoms with Crippen molar-refractivity contribution in [1.82, 2.24) is 15.1 Å². The quantitative estimate of drug-likeness (QED) is 0.691. The topological polar surface area (TPSA) is 72.9 Å². The van der Waals surface area contributed by atoms with Crippen molar-refractivity contribution in [2.75, 3.05) is 32.7 Å². The van der Waals surface area contributed by atoms with Crippen LogP contribution in [0, 0.1) is 0 Å². The van der Waals surface area contributed by atoms with E-state index in [2.05, 4.69) is 5.32 Å². The number of hydrogen-bond acceptors (Lipinski definition) is 4. The van der Waals surface area contributed by atoms with Gasteiger partial charge in [-0.25, -0.2) is 4.79 Å². The van der Waals surface area contributed by atoms with Crippen LogP contribution in [0.1, 0.15) is 20.8 Å². The third-order valence-electron chi connectivity index (χ3n) is 2.57. The second kappa shape index (κ2) is 5.46. The van der Waals surface area contributed by atoms with E-state index in [4.69, 9.17) is 0 Å². The number of aliphatic hydroxyl groups is 1. The van der Waals surface area contributed by atoms with E-state index in [1.807, 2.05) is 11.8 Å². The van der Waals surface area contributed by atoms with Gasteiger partial charge in [-0.1, -0.05) is 6.92 Å². The largest absolute Gasteiger partial charge is 0.389 e. The van der Waals surface area contributed by atoms with Crippen molar-refractivity contribution in [2.24, 2.45) is 0 Å². The number of carbonyl (C=O) groups excluding carboxylic acids is 2. The first-order valence-electron chi connectivity index (χ1n) is 5.86. The van der Waals surface area contributed by atoms with Gasteiger partial charge in [-0.05, 0) is 20.4 Å². The minimum absolute atomic E-state index is 0.161. The standard InChI is InChI=1S/C11H21N3O3/c1-4-13(8-11(2,3)17)7-9(15)14-6-5-12-10(14)16/h17H,4-8H2,1-3H3,(H,12,16). The minimum atomic E-state index is -0.844. The molecule has 98 valence electrons. The molecule has 0 bridgehead atoms. The zero-order chi connectivity index (χ0) is 13.1. The number of likely N-dealkylation sites (N-methyl/N-ethyl adjacent to an activating group) is 1. The molecule has 6 nitrogen and oxygen atoms in total. The Morgan fingerprint density at radius 2 is 2.24 bits per heavy atom. The highest BCUT2D eigenvalue weighted by atomic mass is 16.3. The molecule has 1 rings (SSSR count). The van der Waals surface area contributed by atoms with Crippen LogP contribution in [0.4, 0.5) is 4.79 Å². The smallest absolute Gasteiger partial charge is 0.324 e. The first-order chi connectivity index (χ1) is 7.83. The fraction of sp³-hybridized carbons (Fsp3) is 0.818. The highest BCUT2D eigenvalue weighted by Crippen LogP contribution is 2.06. The van der Waals surface area contributed by atoms with Gasteiger partial charge in [0.2, 0.25) is 5.91 Å². The number of carbonyl (C=O) groups is 2. The van der Waals surface area contributed by atoms with Crippen molar-refractivity contribution >= 4 is 11.9 Å². The summed E-state index contributed by atoms with van der Waals surface area (Å²) >= 11 is 0. The van der Waals surface area contributed by atoms with Crippen LogP contribution in [0.3, 0.4) is 0 Å². The Morgan fingerprint density at radius 1 is 1.59 bits per heavy atom. The van der Waals surface area contributed by atoms with E-state index in [1.165, 1.54) is 4.90 Å². The summed E-state index contributed by atoms with van der Waals surface area (Å²) < 4.78 is 0. The molecule has 0 aromatic heterocycles. The van der Waals surface area contributed by atoms with E-state index >= 15 is 0 Å². The van der Waals surface area contributed by atoms with Crippen LogP contribution in [-0.4, -0.2) is 65.2 Å². The van der Waals surface area contributed by atoms with Crippen LogP contribution < -0.4 is 5.32 Å². The lowest BCUT2D eigenvalue weighted by atomic mass is 10.1. The summed E-state index contributed by atoms with van der Waals surface area (Å²) in [6, 6.07) is -0.325. The van der Waals surface area contributed by atoms with Crippen LogP contribution in [0.5, 0.6) is 0 Å². The number of urea groups is 1. The van der Waals surface area contributed by atoms with Gasteiger partial charge < -0.3 is 10.4 Å². The van der Waals surface area contributed by atoms with Crippen LogP contribution in [0.2, 0.25) is 0 Å². The first kappa shape index (κ1) is 13.9. The molecule has 6 heteroatoms. The molecule has 2 N–H and O–H groups in total. The zero-order valence-corrected chi connectivity index (χ0v) is 10.7. The molecule has 3 amide bonds. The molecule has 0 aromatic rings. The van der Waals surface area contributed by atoms with Crippen molar-refractivity contribution in [2.45, 2.75) is 26.4 Å². The van der Waals surface area contributed by atoms with Gasteiger partial charge in [0.25, 0.3) is 0 Å². The maximum absolute atomic E-state index is 11.9. The molecule has 1 heterocycles. The van der Waals surface area contributed by atoms with Crippen molar-refractivity contribution in [3.63, 3.8) is 0 Å². The molecule has 0 saturated carbocycles. The van der Waals surface area contributed by atoms with Crippen molar-refractivity contribution in [3.8, 4) is 0 Å². The lowest BCUT2D eigenvalue weighted by Crippen LogP contribution is -2.46. The van der Waals surface area contributed by atoms with Crippen LogP contribution >= 0.6 is 0 Å². The third kappa shape index (κ3) is 4.32. The van der Waals surface area contributed by atoms with Crippen molar-refractivity contribution < 1.29 is 14.7 Å². The minimum Gasteiger partial charge on any atom is -0.389 e. The van der Waals surface area contributed by atoms with Gasteiger partial charge in [-0.2, -0.15) is 0 Å². The summed E-state index contributed by atoms with van der Waals surface area (Å²) in [5, 5.41) is 12.3. The lowest BCUT2D eigenvalue weighted by Gasteiger charge is -2.28. The SMILES string of the molecule is CCN(CC(=O)N1CCNC1=O)CC(C)(C)O. The molecule has 0 unspecified atom stereocenters. The molecule has 0 aliphatic carbocycles. The highest BCUT2D eigenvalue weighted by molar-refractivity contribution is 5.96. The molecule has 0 radical (unpaired) electrons. The van der Waals surface area contributed by atoms with Crippen molar-refractivity contribution in [3.05, 3.63) is 0 Å². The molecule has 1 saturated heterocycles. The van der Waals surface area contributed by atoms with Gasteiger partial charge in [-0.15, -0.1) is 0 Å².